The van der Waals surface area contributed by atoms with Crippen molar-refractivity contribution >= 4 is 39.3 Å². The van der Waals surface area contributed by atoms with Crippen molar-refractivity contribution in [3.63, 3.8) is 0 Å². The SMILES string of the molecule is Cc1sc2ncnc(NN=Cc3ccc(N(C)C)cc3)c2c1C. The number of aromatic nitrogens is 2. The Labute approximate surface area is 139 Å². The summed E-state index contributed by atoms with van der Waals surface area (Å²) in [6.07, 6.45) is 3.36. The van der Waals surface area contributed by atoms with E-state index < -0.39 is 0 Å². The number of nitrogens with zero attached hydrogens (tertiary/aromatic N) is 4. The molecule has 2 aromatic heterocycles. The Morgan fingerprint density at radius 2 is 1.87 bits per heavy atom. The van der Waals surface area contributed by atoms with Crippen molar-refractivity contribution in [2.24, 2.45) is 5.10 Å². The van der Waals surface area contributed by atoms with E-state index in [1.54, 1.807) is 23.9 Å². The van der Waals surface area contributed by atoms with E-state index in [1.165, 1.54) is 10.4 Å². The minimum absolute atomic E-state index is 0.748. The van der Waals surface area contributed by atoms with E-state index in [1.807, 2.05) is 26.2 Å². The molecule has 0 aliphatic heterocycles. The fourth-order valence-corrected chi connectivity index (χ4v) is 3.29. The molecular weight excluding hydrogens is 306 g/mol. The molecule has 0 bridgehead atoms. The summed E-state index contributed by atoms with van der Waals surface area (Å²) in [5.41, 5.74) is 6.45. The van der Waals surface area contributed by atoms with Gasteiger partial charge in [0.15, 0.2) is 5.82 Å². The van der Waals surface area contributed by atoms with Gasteiger partial charge in [0.05, 0.1) is 11.6 Å². The Bertz CT molecular complexity index is 849. The lowest BCUT2D eigenvalue weighted by Gasteiger charge is -2.11. The summed E-state index contributed by atoms with van der Waals surface area (Å²) < 4.78 is 0. The van der Waals surface area contributed by atoms with E-state index in [0.29, 0.717) is 0 Å². The molecule has 3 aromatic rings. The van der Waals surface area contributed by atoms with Crippen molar-refractivity contribution in [2.45, 2.75) is 13.8 Å². The molecule has 1 N–H and O–H groups in total. The third-order valence-corrected chi connectivity index (χ3v) is 4.87. The van der Waals surface area contributed by atoms with Crippen LogP contribution in [0.2, 0.25) is 0 Å². The van der Waals surface area contributed by atoms with Gasteiger partial charge in [-0.25, -0.2) is 9.97 Å². The van der Waals surface area contributed by atoms with Gasteiger partial charge in [-0.1, -0.05) is 12.1 Å². The molecule has 2 heterocycles. The van der Waals surface area contributed by atoms with Gasteiger partial charge in [-0.2, -0.15) is 5.10 Å². The summed E-state index contributed by atoms with van der Waals surface area (Å²) in [4.78, 5) is 13.0. The number of hydrogen-bond acceptors (Lipinski definition) is 6. The number of anilines is 2. The zero-order valence-electron chi connectivity index (χ0n) is 13.7. The Hall–Kier alpha value is -2.47. The van der Waals surface area contributed by atoms with Crippen LogP contribution in [0.4, 0.5) is 11.5 Å². The molecule has 0 spiro atoms. The fourth-order valence-electron chi connectivity index (χ4n) is 2.29. The van der Waals surface area contributed by atoms with E-state index in [4.69, 9.17) is 0 Å². The second-order valence-electron chi connectivity index (χ2n) is 5.54. The van der Waals surface area contributed by atoms with Crippen molar-refractivity contribution in [1.82, 2.24) is 9.97 Å². The van der Waals surface area contributed by atoms with Gasteiger partial charge in [-0.05, 0) is 37.1 Å². The minimum atomic E-state index is 0.748. The van der Waals surface area contributed by atoms with E-state index in [9.17, 15) is 0 Å². The summed E-state index contributed by atoms with van der Waals surface area (Å²) in [5.74, 6) is 0.748. The van der Waals surface area contributed by atoms with Crippen molar-refractivity contribution in [2.75, 3.05) is 24.4 Å². The Balaban J connectivity index is 1.80. The first-order valence-corrected chi connectivity index (χ1v) is 8.15. The molecule has 0 unspecified atom stereocenters. The number of benzene rings is 1. The first kappa shape index (κ1) is 15.4. The lowest BCUT2D eigenvalue weighted by atomic mass is 10.2. The van der Waals surface area contributed by atoms with Gasteiger partial charge in [-0.3, -0.25) is 5.43 Å². The third-order valence-electron chi connectivity index (χ3n) is 3.76. The van der Waals surface area contributed by atoms with Crippen LogP contribution in [0.5, 0.6) is 0 Å². The van der Waals surface area contributed by atoms with E-state index >= 15 is 0 Å². The fraction of sp³-hybridized carbons (Fsp3) is 0.235. The molecule has 0 radical (unpaired) electrons. The van der Waals surface area contributed by atoms with Crippen molar-refractivity contribution in [3.05, 3.63) is 46.6 Å². The highest BCUT2D eigenvalue weighted by Crippen LogP contribution is 2.32. The highest BCUT2D eigenvalue weighted by atomic mass is 32.1. The summed E-state index contributed by atoms with van der Waals surface area (Å²) >= 11 is 1.68. The Kier molecular flexibility index (Phi) is 4.25. The molecule has 0 saturated heterocycles. The van der Waals surface area contributed by atoms with Gasteiger partial charge >= 0.3 is 0 Å². The highest BCUT2D eigenvalue weighted by molar-refractivity contribution is 7.18. The van der Waals surface area contributed by atoms with Crippen LogP contribution in [-0.4, -0.2) is 30.3 Å². The second kappa shape index (κ2) is 6.34. The first-order chi connectivity index (χ1) is 11.1. The van der Waals surface area contributed by atoms with E-state index in [2.05, 4.69) is 51.4 Å². The Morgan fingerprint density at radius 3 is 2.57 bits per heavy atom. The normalized spacial score (nSPS) is 11.3. The maximum absolute atomic E-state index is 4.33. The monoisotopic (exact) mass is 325 g/mol. The minimum Gasteiger partial charge on any atom is -0.378 e. The number of nitrogens with one attached hydrogen (secondary N) is 1. The van der Waals surface area contributed by atoms with Crippen molar-refractivity contribution in [1.29, 1.82) is 0 Å². The molecule has 6 heteroatoms. The molecule has 0 aliphatic carbocycles. The molecule has 0 fully saturated rings. The van der Waals surface area contributed by atoms with E-state index in [-0.39, 0.29) is 0 Å². The number of hydrazone groups is 1. The first-order valence-electron chi connectivity index (χ1n) is 7.33. The number of hydrogen-bond donors (Lipinski definition) is 1. The zero-order chi connectivity index (χ0) is 16.4. The zero-order valence-corrected chi connectivity index (χ0v) is 14.5. The van der Waals surface area contributed by atoms with Gasteiger partial charge in [0.2, 0.25) is 0 Å². The van der Waals surface area contributed by atoms with Crippen LogP contribution in [0, 0.1) is 13.8 Å². The van der Waals surface area contributed by atoms with Crippen molar-refractivity contribution < 1.29 is 0 Å². The smallest absolute Gasteiger partial charge is 0.158 e. The predicted octanol–water partition coefficient (Wildman–Crippen LogP) is 3.82. The van der Waals surface area contributed by atoms with Gasteiger partial charge in [0.1, 0.15) is 11.2 Å². The van der Waals surface area contributed by atoms with Gasteiger partial charge in [0, 0.05) is 24.7 Å². The molecule has 118 valence electrons. The van der Waals surface area contributed by atoms with Gasteiger partial charge in [-0.15, -0.1) is 11.3 Å². The second-order valence-corrected chi connectivity index (χ2v) is 6.74. The maximum Gasteiger partial charge on any atom is 0.158 e. The standard InChI is InChI=1S/C17H19N5S/c1-11-12(2)23-17-15(11)16(18-10-19-17)21-20-9-13-5-7-14(8-6-13)22(3)4/h5-10H,1-4H3,(H,18,19,21). The molecule has 1 aromatic carbocycles. The average molecular weight is 325 g/mol. The molecule has 3 rings (SSSR count). The van der Waals surface area contributed by atoms with Gasteiger partial charge in [0.25, 0.3) is 0 Å². The lowest BCUT2D eigenvalue weighted by molar-refractivity contribution is 1.13. The lowest BCUT2D eigenvalue weighted by Crippen LogP contribution is -2.08. The molecular formula is C17H19N5S. The summed E-state index contributed by atoms with van der Waals surface area (Å²) in [7, 11) is 4.05. The van der Waals surface area contributed by atoms with Crippen LogP contribution < -0.4 is 10.3 Å². The number of fused-ring (bicyclic) bond motifs is 1. The third kappa shape index (κ3) is 3.17. The average Bonchev–Trinajstić information content (AvgIpc) is 2.83. The van der Waals surface area contributed by atoms with Gasteiger partial charge < -0.3 is 4.90 Å². The van der Waals surface area contributed by atoms with Crippen LogP contribution in [0.25, 0.3) is 10.2 Å². The Morgan fingerprint density at radius 1 is 1.13 bits per heavy atom. The largest absolute Gasteiger partial charge is 0.378 e. The van der Waals surface area contributed by atoms with Crippen LogP contribution in [-0.2, 0) is 0 Å². The summed E-state index contributed by atoms with van der Waals surface area (Å²) in [5, 5.41) is 5.36. The molecule has 5 nitrogen and oxygen atoms in total. The van der Waals surface area contributed by atoms with Crippen molar-refractivity contribution in [3.8, 4) is 0 Å². The molecule has 0 amide bonds. The summed E-state index contributed by atoms with van der Waals surface area (Å²) in [6.45, 7) is 4.19. The quantitative estimate of drug-likeness (QED) is 0.585. The molecule has 0 saturated carbocycles. The molecule has 0 aliphatic rings. The summed E-state index contributed by atoms with van der Waals surface area (Å²) in [6, 6.07) is 8.21. The topological polar surface area (TPSA) is 53.4 Å². The number of rotatable bonds is 4. The number of thiophene rings is 1. The molecule has 0 atom stereocenters. The number of aryl methyl sites for hydroxylation is 2. The van der Waals surface area contributed by atoms with Crippen LogP contribution in [0.1, 0.15) is 16.0 Å². The van der Waals surface area contributed by atoms with Crippen LogP contribution in [0.3, 0.4) is 0 Å². The molecule has 23 heavy (non-hydrogen) atoms. The van der Waals surface area contributed by atoms with E-state index in [0.717, 1.165) is 27.3 Å². The highest BCUT2D eigenvalue weighted by Gasteiger charge is 2.11. The predicted molar refractivity (Wildman–Crippen MR) is 98.9 cm³/mol. The van der Waals surface area contributed by atoms with Crippen LogP contribution >= 0.6 is 11.3 Å². The van der Waals surface area contributed by atoms with Crippen LogP contribution in [0.15, 0.2) is 35.7 Å². The maximum atomic E-state index is 4.33.